The van der Waals surface area contributed by atoms with Crippen molar-refractivity contribution in [3.05, 3.63) is 0 Å². The molecule has 4 atom stereocenters. The van der Waals surface area contributed by atoms with Crippen molar-refractivity contribution in [2.75, 3.05) is 13.7 Å². The predicted molar refractivity (Wildman–Crippen MR) is 52.8 cm³/mol. The van der Waals surface area contributed by atoms with E-state index in [1.165, 1.54) is 0 Å². The summed E-state index contributed by atoms with van der Waals surface area (Å²) < 4.78 is 5.03. The smallest absolute Gasteiger partial charge is 0.117 e. The van der Waals surface area contributed by atoms with E-state index in [9.17, 15) is 10.2 Å². The molecule has 0 aromatic rings. The molecule has 0 aromatic carbocycles. The largest absolute Gasteiger partial charge is 0.390 e. The lowest BCUT2D eigenvalue weighted by molar-refractivity contribution is -0.267. The number of ether oxygens (including phenoxy) is 1. The third-order valence-electron chi connectivity index (χ3n) is 4.53. The second-order valence-electron chi connectivity index (χ2n) is 5.48. The van der Waals surface area contributed by atoms with Gasteiger partial charge < -0.3 is 14.9 Å². The van der Waals surface area contributed by atoms with Crippen LogP contribution < -0.4 is 0 Å². The van der Waals surface area contributed by atoms with Crippen LogP contribution in [0.3, 0.4) is 0 Å². The van der Waals surface area contributed by atoms with Gasteiger partial charge in [0.05, 0.1) is 12.7 Å². The molecule has 3 aliphatic carbocycles. The highest BCUT2D eigenvalue weighted by Crippen LogP contribution is 2.62. The summed E-state index contributed by atoms with van der Waals surface area (Å²) >= 11 is 0. The molecule has 0 unspecified atom stereocenters. The zero-order chi connectivity index (χ0) is 10.6. The molecular weight excluding hydrogens is 180 g/mol. The van der Waals surface area contributed by atoms with Gasteiger partial charge in [-0.05, 0) is 30.1 Å². The minimum atomic E-state index is -1.02. The summed E-state index contributed by atoms with van der Waals surface area (Å²) in [5.74, 6) is 0.753. The van der Waals surface area contributed by atoms with E-state index in [0.717, 1.165) is 6.42 Å². The Hall–Kier alpha value is -0.120. The predicted octanol–water partition coefficient (Wildman–Crippen LogP) is 0.791. The SMILES string of the molecule is COC[C@]1(O)[C@@H]2C[C@H](C[C@@H]1O)C2(C)C. The summed E-state index contributed by atoms with van der Waals surface area (Å²) in [6.07, 6.45) is 1.13. The van der Waals surface area contributed by atoms with E-state index in [-0.39, 0.29) is 17.9 Å². The van der Waals surface area contributed by atoms with Crippen LogP contribution in [0.1, 0.15) is 26.7 Å². The van der Waals surface area contributed by atoms with Gasteiger partial charge in [-0.15, -0.1) is 0 Å². The van der Waals surface area contributed by atoms with Crippen molar-refractivity contribution in [2.45, 2.75) is 38.4 Å². The summed E-state index contributed by atoms with van der Waals surface area (Å²) in [5, 5.41) is 20.3. The summed E-state index contributed by atoms with van der Waals surface area (Å²) in [6, 6.07) is 0. The average molecular weight is 200 g/mol. The Morgan fingerprint density at radius 1 is 1.36 bits per heavy atom. The quantitative estimate of drug-likeness (QED) is 0.693. The van der Waals surface area contributed by atoms with Crippen molar-refractivity contribution < 1.29 is 14.9 Å². The van der Waals surface area contributed by atoms with Gasteiger partial charge in [-0.25, -0.2) is 0 Å². The van der Waals surface area contributed by atoms with Gasteiger partial charge in [0.25, 0.3) is 0 Å². The van der Waals surface area contributed by atoms with Gasteiger partial charge in [-0.3, -0.25) is 0 Å². The molecule has 0 aromatic heterocycles. The Bertz CT molecular complexity index is 239. The Kier molecular flexibility index (Phi) is 2.18. The Morgan fingerprint density at radius 3 is 2.50 bits per heavy atom. The third kappa shape index (κ3) is 1.09. The first-order valence-corrected chi connectivity index (χ1v) is 5.32. The van der Waals surface area contributed by atoms with E-state index in [1.54, 1.807) is 7.11 Å². The van der Waals surface area contributed by atoms with Crippen LogP contribution in [-0.2, 0) is 4.74 Å². The number of aliphatic hydroxyl groups is 2. The third-order valence-corrected chi connectivity index (χ3v) is 4.53. The van der Waals surface area contributed by atoms with Gasteiger partial charge in [0.15, 0.2) is 0 Å². The van der Waals surface area contributed by atoms with Crippen molar-refractivity contribution in [1.29, 1.82) is 0 Å². The fourth-order valence-corrected chi connectivity index (χ4v) is 3.40. The molecule has 0 saturated heterocycles. The van der Waals surface area contributed by atoms with Gasteiger partial charge in [-0.1, -0.05) is 13.8 Å². The van der Waals surface area contributed by atoms with Gasteiger partial charge in [-0.2, -0.15) is 0 Å². The maximum Gasteiger partial charge on any atom is 0.117 e. The van der Waals surface area contributed by atoms with E-state index in [4.69, 9.17) is 4.74 Å². The van der Waals surface area contributed by atoms with E-state index in [1.807, 2.05) is 0 Å². The highest BCUT2D eigenvalue weighted by Gasteiger charge is 2.64. The zero-order valence-corrected chi connectivity index (χ0v) is 9.16. The summed E-state index contributed by atoms with van der Waals surface area (Å²) in [4.78, 5) is 0. The number of hydrogen-bond acceptors (Lipinski definition) is 3. The van der Waals surface area contributed by atoms with E-state index in [0.29, 0.717) is 12.3 Å². The van der Waals surface area contributed by atoms with Crippen LogP contribution >= 0.6 is 0 Å². The molecule has 3 saturated carbocycles. The molecule has 0 amide bonds. The molecule has 0 spiro atoms. The number of methoxy groups -OCH3 is 1. The van der Waals surface area contributed by atoms with Crippen LogP contribution in [0.15, 0.2) is 0 Å². The summed E-state index contributed by atoms with van der Waals surface area (Å²) in [5.41, 5.74) is -0.862. The molecular formula is C11H20O3. The van der Waals surface area contributed by atoms with Crippen molar-refractivity contribution in [3.8, 4) is 0 Å². The van der Waals surface area contributed by atoms with Crippen LogP contribution in [0.2, 0.25) is 0 Å². The minimum Gasteiger partial charge on any atom is -0.390 e. The van der Waals surface area contributed by atoms with Crippen LogP contribution in [0, 0.1) is 17.3 Å². The topological polar surface area (TPSA) is 49.7 Å². The molecule has 0 heterocycles. The van der Waals surface area contributed by atoms with Crippen LogP contribution in [0.25, 0.3) is 0 Å². The van der Waals surface area contributed by atoms with Crippen molar-refractivity contribution >= 4 is 0 Å². The standard InChI is InChI=1S/C11H20O3/c1-10(2)7-4-8(10)11(13,6-14-3)9(12)5-7/h7-9,12-13H,4-6H2,1-3H3/t7-,8-,9+,11+/m1/s1. The molecule has 3 rings (SSSR count). The normalized spacial score (nSPS) is 49.9. The molecule has 2 bridgehead atoms. The monoisotopic (exact) mass is 200 g/mol. The summed E-state index contributed by atoms with van der Waals surface area (Å²) in [6.45, 7) is 4.60. The van der Waals surface area contributed by atoms with E-state index < -0.39 is 11.7 Å². The Labute approximate surface area is 85.1 Å². The average Bonchev–Trinajstić information content (AvgIpc) is 2.09. The fraction of sp³-hybridized carbons (Fsp3) is 1.00. The lowest BCUT2D eigenvalue weighted by atomic mass is 9.43. The van der Waals surface area contributed by atoms with Gasteiger partial charge in [0.1, 0.15) is 5.60 Å². The van der Waals surface area contributed by atoms with Gasteiger partial charge in [0, 0.05) is 7.11 Å². The van der Waals surface area contributed by atoms with Crippen LogP contribution in [-0.4, -0.2) is 35.6 Å². The number of rotatable bonds is 2. The Balaban J connectivity index is 2.22. The van der Waals surface area contributed by atoms with E-state index >= 15 is 0 Å². The van der Waals surface area contributed by atoms with Crippen LogP contribution in [0.5, 0.6) is 0 Å². The molecule has 14 heavy (non-hydrogen) atoms. The van der Waals surface area contributed by atoms with Gasteiger partial charge in [0.2, 0.25) is 0 Å². The Morgan fingerprint density at radius 2 is 2.00 bits per heavy atom. The van der Waals surface area contributed by atoms with E-state index in [2.05, 4.69) is 13.8 Å². The molecule has 3 fully saturated rings. The second-order valence-corrected chi connectivity index (χ2v) is 5.48. The molecule has 0 radical (unpaired) electrons. The molecule has 3 aliphatic rings. The number of fused-ring (bicyclic) bond motifs is 2. The lowest BCUT2D eigenvalue weighted by Crippen LogP contribution is -2.69. The molecule has 2 N–H and O–H groups in total. The molecule has 82 valence electrons. The number of hydrogen-bond donors (Lipinski definition) is 2. The lowest BCUT2D eigenvalue weighted by Gasteiger charge is -2.64. The van der Waals surface area contributed by atoms with Crippen molar-refractivity contribution in [1.82, 2.24) is 0 Å². The first-order chi connectivity index (χ1) is 6.43. The molecule has 3 heteroatoms. The highest BCUT2D eigenvalue weighted by atomic mass is 16.5. The van der Waals surface area contributed by atoms with Gasteiger partial charge >= 0.3 is 0 Å². The number of aliphatic hydroxyl groups excluding tert-OH is 1. The first-order valence-electron chi connectivity index (χ1n) is 5.32. The highest BCUT2D eigenvalue weighted by molar-refractivity contribution is 5.14. The van der Waals surface area contributed by atoms with Crippen molar-refractivity contribution in [3.63, 3.8) is 0 Å². The van der Waals surface area contributed by atoms with Crippen molar-refractivity contribution in [2.24, 2.45) is 17.3 Å². The summed E-state index contributed by atoms with van der Waals surface area (Å²) in [7, 11) is 1.57. The fourth-order valence-electron chi connectivity index (χ4n) is 3.40. The molecule has 3 nitrogen and oxygen atoms in total. The first kappa shape index (κ1) is 10.4. The van der Waals surface area contributed by atoms with Crippen LogP contribution in [0.4, 0.5) is 0 Å². The minimum absolute atomic E-state index is 0.159. The zero-order valence-electron chi connectivity index (χ0n) is 9.16. The second kappa shape index (κ2) is 2.94. The maximum atomic E-state index is 10.4. The maximum absolute atomic E-state index is 10.4. The molecule has 0 aliphatic heterocycles.